The summed E-state index contributed by atoms with van der Waals surface area (Å²) in [6.07, 6.45) is 0.886. The molecule has 3 rings (SSSR count). The smallest absolute Gasteiger partial charge is 0.335 e. The molecule has 0 fully saturated rings. The molecular weight excluding hydrogens is 432 g/mol. The normalized spacial score (nSPS) is 12.7. The van der Waals surface area contributed by atoms with Crippen LogP contribution < -0.4 is 17.0 Å². The number of H-pyrrole nitrogens is 1. The lowest BCUT2D eigenvalue weighted by molar-refractivity contribution is -0.141. The molecule has 0 radical (unpaired) electrons. The maximum absolute atomic E-state index is 13.2. The van der Waals surface area contributed by atoms with E-state index in [2.05, 4.69) is 16.9 Å². The summed E-state index contributed by atoms with van der Waals surface area (Å²) in [6, 6.07) is 12.6. The average molecular weight is 457 g/mol. The number of carboxylic acids is 1. The molecule has 0 unspecified atom stereocenters. The van der Waals surface area contributed by atoms with Crippen molar-refractivity contribution in [2.45, 2.75) is 40.3 Å². The predicted molar refractivity (Wildman–Crippen MR) is 122 cm³/mol. The Kier molecular flexibility index (Phi) is 7.15. The van der Waals surface area contributed by atoms with Gasteiger partial charge < -0.3 is 5.11 Å². The maximum atomic E-state index is 13.2. The number of rotatable bonds is 7. The van der Waals surface area contributed by atoms with E-state index in [1.807, 2.05) is 25.1 Å². The molecule has 1 aromatic heterocycles. The van der Waals surface area contributed by atoms with E-state index < -0.39 is 23.3 Å². The molecule has 2 aromatic carbocycles. The third kappa shape index (κ3) is 5.26. The van der Waals surface area contributed by atoms with Crippen LogP contribution in [0.2, 0.25) is 5.02 Å². The largest absolute Gasteiger partial charge is 0.481 e. The molecule has 0 amide bonds. The minimum absolute atomic E-state index is 0.0813. The summed E-state index contributed by atoms with van der Waals surface area (Å²) in [5.41, 5.74) is 2.34. The van der Waals surface area contributed by atoms with Gasteiger partial charge in [-0.2, -0.15) is 0 Å². The monoisotopic (exact) mass is 456 g/mol. The molecule has 0 spiro atoms. The summed E-state index contributed by atoms with van der Waals surface area (Å²) in [7, 11) is 0. The van der Waals surface area contributed by atoms with Crippen molar-refractivity contribution in [3.63, 3.8) is 0 Å². The number of hydrogen-bond donors (Lipinski definition) is 2. The lowest BCUT2D eigenvalue weighted by atomic mass is 10.1. The summed E-state index contributed by atoms with van der Waals surface area (Å²) in [5.74, 6) is -2.01. The molecule has 0 aliphatic heterocycles. The molecule has 32 heavy (non-hydrogen) atoms. The fraction of sp³-hybridized carbons (Fsp3) is 0.304. The number of aromatic amines is 1. The van der Waals surface area contributed by atoms with Crippen LogP contribution in [0.4, 0.5) is 5.69 Å². The van der Waals surface area contributed by atoms with Crippen LogP contribution in [0.5, 0.6) is 0 Å². The van der Waals surface area contributed by atoms with Gasteiger partial charge in [0.25, 0.3) is 0 Å². The van der Waals surface area contributed by atoms with Gasteiger partial charge in [-0.15, -0.1) is 0 Å². The highest BCUT2D eigenvalue weighted by Gasteiger charge is 2.17. The summed E-state index contributed by atoms with van der Waals surface area (Å²) >= 11 is 5.96. The van der Waals surface area contributed by atoms with Gasteiger partial charge in [-0.1, -0.05) is 43.6 Å². The van der Waals surface area contributed by atoms with Crippen LogP contribution >= 0.6 is 11.6 Å². The molecule has 0 aliphatic carbocycles. The van der Waals surface area contributed by atoms with Crippen molar-refractivity contribution in [3.05, 3.63) is 90.8 Å². The molecule has 168 valence electrons. The van der Waals surface area contributed by atoms with Gasteiger partial charge in [0.15, 0.2) is 0 Å². The number of nitrogens with one attached hydrogen (secondary N) is 1. The molecular formula is C23H25ClN4O4. The van der Waals surface area contributed by atoms with E-state index in [1.165, 1.54) is 17.1 Å². The van der Waals surface area contributed by atoms with Gasteiger partial charge in [0.05, 0.1) is 18.2 Å². The lowest BCUT2D eigenvalue weighted by Gasteiger charge is -2.13. The van der Waals surface area contributed by atoms with Crippen molar-refractivity contribution in [2.24, 2.45) is 10.9 Å². The highest BCUT2D eigenvalue weighted by Crippen LogP contribution is 2.17. The fourth-order valence-electron chi connectivity index (χ4n) is 3.34. The number of aliphatic carboxylic acids is 1. The van der Waals surface area contributed by atoms with Gasteiger partial charge in [0, 0.05) is 11.6 Å². The minimum atomic E-state index is -1.10. The molecule has 1 atom stereocenters. The van der Waals surface area contributed by atoms with Crippen LogP contribution in [0.25, 0.3) is 0 Å². The predicted octanol–water partition coefficient (Wildman–Crippen LogP) is 2.86. The van der Waals surface area contributed by atoms with E-state index >= 15 is 0 Å². The molecule has 0 saturated heterocycles. The van der Waals surface area contributed by atoms with Gasteiger partial charge in [-0.05, 0) is 54.3 Å². The Hall–Kier alpha value is -3.39. The van der Waals surface area contributed by atoms with Gasteiger partial charge in [0.2, 0.25) is 5.62 Å². The van der Waals surface area contributed by atoms with Gasteiger partial charge in [-0.25, -0.2) is 19.1 Å². The van der Waals surface area contributed by atoms with Crippen molar-refractivity contribution < 1.29 is 9.90 Å². The van der Waals surface area contributed by atoms with Crippen molar-refractivity contribution in [1.82, 2.24) is 14.1 Å². The summed E-state index contributed by atoms with van der Waals surface area (Å²) in [5, 5.41) is 9.77. The number of aryl methyl sites for hydroxylation is 2. The highest BCUT2D eigenvalue weighted by molar-refractivity contribution is 6.30. The molecule has 0 saturated carbocycles. The second-order valence-corrected chi connectivity index (χ2v) is 8.11. The van der Waals surface area contributed by atoms with Crippen molar-refractivity contribution in [3.8, 4) is 0 Å². The third-order valence-electron chi connectivity index (χ3n) is 5.26. The zero-order valence-electron chi connectivity index (χ0n) is 18.1. The van der Waals surface area contributed by atoms with Crippen molar-refractivity contribution in [2.75, 3.05) is 0 Å². The van der Waals surface area contributed by atoms with Gasteiger partial charge >= 0.3 is 17.3 Å². The second kappa shape index (κ2) is 9.82. The van der Waals surface area contributed by atoms with E-state index in [9.17, 15) is 19.5 Å². The molecule has 8 nitrogen and oxygen atoms in total. The van der Waals surface area contributed by atoms with Crippen LogP contribution in [-0.2, 0) is 24.3 Å². The quantitative estimate of drug-likeness (QED) is 0.569. The Morgan fingerprint density at radius 2 is 1.84 bits per heavy atom. The van der Waals surface area contributed by atoms with Crippen LogP contribution in [0.1, 0.15) is 30.5 Å². The lowest BCUT2D eigenvalue weighted by Crippen LogP contribution is -2.51. The molecule has 0 bridgehead atoms. The summed E-state index contributed by atoms with van der Waals surface area (Å²) < 4.78 is 2.21. The Morgan fingerprint density at radius 3 is 2.44 bits per heavy atom. The first-order valence-electron chi connectivity index (χ1n) is 10.2. The molecule has 9 heteroatoms. The Balaban J connectivity index is 2.19. The topological polar surface area (TPSA) is 109 Å². The van der Waals surface area contributed by atoms with E-state index in [-0.39, 0.29) is 18.7 Å². The third-order valence-corrected chi connectivity index (χ3v) is 5.51. The maximum Gasteiger partial charge on any atom is 0.335 e. The first-order chi connectivity index (χ1) is 15.2. The number of hydrogen-bond acceptors (Lipinski definition) is 4. The first kappa shape index (κ1) is 23.3. The minimum Gasteiger partial charge on any atom is -0.481 e. The molecule has 2 N–H and O–H groups in total. The zero-order valence-corrected chi connectivity index (χ0v) is 18.9. The first-order valence-corrected chi connectivity index (χ1v) is 10.6. The van der Waals surface area contributed by atoms with Crippen molar-refractivity contribution in [1.29, 1.82) is 0 Å². The zero-order chi connectivity index (χ0) is 23.4. The van der Waals surface area contributed by atoms with Crippen LogP contribution in [0, 0.1) is 12.8 Å². The summed E-state index contributed by atoms with van der Waals surface area (Å²) in [6.45, 7) is 5.35. The number of nitrogens with zero attached hydrogens (tertiary/aromatic N) is 3. The second-order valence-electron chi connectivity index (χ2n) is 7.67. The average Bonchev–Trinajstić information content (AvgIpc) is 2.75. The number of benzene rings is 2. The van der Waals surface area contributed by atoms with Gasteiger partial charge in [0.1, 0.15) is 0 Å². The van der Waals surface area contributed by atoms with E-state index in [4.69, 9.17) is 11.6 Å². The SMILES string of the molecule is CCc1ccc(/N=c2\[nH]c(=O)n(C[C@H](C)C(=O)O)c(=O)n2Cc2ccc(Cl)cc2)cc1C. The van der Waals surface area contributed by atoms with E-state index in [1.54, 1.807) is 24.3 Å². The number of aromatic nitrogens is 3. The highest BCUT2D eigenvalue weighted by atomic mass is 35.5. The number of halogens is 1. The van der Waals surface area contributed by atoms with Crippen LogP contribution in [0.15, 0.2) is 57.0 Å². The molecule has 1 heterocycles. The van der Waals surface area contributed by atoms with Crippen LogP contribution in [-0.4, -0.2) is 25.2 Å². The van der Waals surface area contributed by atoms with Gasteiger partial charge in [-0.3, -0.25) is 14.3 Å². The van der Waals surface area contributed by atoms with E-state index in [0.29, 0.717) is 10.7 Å². The summed E-state index contributed by atoms with van der Waals surface area (Å²) in [4.78, 5) is 44.3. The Morgan fingerprint density at radius 1 is 1.16 bits per heavy atom. The fourth-order valence-corrected chi connectivity index (χ4v) is 3.46. The number of carboxylic acid groups (broad SMARTS) is 1. The van der Waals surface area contributed by atoms with Crippen LogP contribution in [0.3, 0.4) is 0 Å². The van der Waals surface area contributed by atoms with Crippen molar-refractivity contribution >= 4 is 23.3 Å². The van der Waals surface area contributed by atoms with E-state index in [0.717, 1.165) is 22.1 Å². The number of carbonyl (C=O) groups is 1. The molecule has 0 aliphatic rings. The molecule has 3 aromatic rings. The standard InChI is InChI=1S/C23H25ClN4O4/c1-4-17-7-10-19(11-14(17)2)25-21-26-22(31)28(12-15(3)20(29)30)23(32)27(21)13-16-5-8-18(24)9-6-16/h5-11,15H,4,12-13H2,1-3H3,(H,29,30)(H,25,26,31)/t15-/m0/s1. The Bertz CT molecular complexity index is 1320. The Labute approximate surface area is 189 Å².